The first-order valence-electron chi connectivity index (χ1n) is 7.61. The number of rotatable bonds is 13. The van der Waals surface area contributed by atoms with Crippen LogP contribution >= 0.6 is 0 Å². The monoisotopic (exact) mass is 287 g/mol. The van der Waals surface area contributed by atoms with Gasteiger partial charge in [-0.3, -0.25) is 9.59 Å². The minimum Gasteiger partial charge on any atom is -0.480 e. The van der Waals surface area contributed by atoms with Crippen LogP contribution in [0.2, 0.25) is 0 Å². The molecule has 20 heavy (non-hydrogen) atoms. The van der Waals surface area contributed by atoms with Gasteiger partial charge in [0.05, 0.1) is 6.61 Å². The van der Waals surface area contributed by atoms with Crippen LogP contribution in [0.1, 0.15) is 71.1 Å². The molecule has 0 saturated carbocycles. The number of hydrogen-bond donors (Lipinski definition) is 3. The smallest absolute Gasteiger partial charge is 0.326 e. The van der Waals surface area contributed by atoms with Gasteiger partial charge in [-0.15, -0.1) is 0 Å². The van der Waals surface area contributed by atoms with Crippen molar-refractivity contribution >= 4 is 11.8 Å². The van der Waals surface area contributed by atoms with Crippen LogP contribution in [0.25, 0.3) is 0 Å². The molecule has 0 saturated heterocycles. The number of nitrogens with two attached hydrogens (primary N) is 1. The quantitative estimate of drug-likeness (QED) is 0.451. The molecule has 4 N–H and O–H groups in total. The number of carbonyl (C=O) groups is 2. The van der Waals surface area contributed by atoms with Gasteiger partial charge in [0.15, 0.2) is 0 Å². The lowest BCUT2D eigenvalue weighted by Crippen LogP contribution is -2.52. The molecule has 0 aromatic rings. The molecule has 0 radical (unpaired) electrons. The van der Waals surface area contributed by atoms with Gasteiger partial charge in [0.25, 0.3) is 0 Å². The molecule has 118 valence electrons. The minimum absolute atomic E-state index is 0.185. The number of carboxylic acid groups (broad SMARTS) is 1. The second-order valence-corrected chi connectivity index (χ2v) is 5.56. The van der Waals surface area contributed by atoms with E-state index in [2.05, 4.69) is 6.92 Å². The Bertz CT molecular complexity index is 294. The van der Waals surface area contributed by atoms with Crippen LogP contribution in [-0.4, -0.2) is 34.1 Å². The first-order valence-corrected chi connectivity index (χ1v) is 7.61. The normalized spacial score (nSPS) is 13.9. The second kappa shape index (κ2) is 10.8. The molecule has 0 aromatic heterocycles. The topological polar surface area (TPSA) is 101 Å². The lowest BCUT2D eigenvalue weighted by Gasteiger charge is -2.20. The van der Waals surface area contributed by atoms with E-state index in [0.717, 1.165) is 19.3 Å². The molecule has 5 nitrogen and oxygen atoms in total. The predicted octanol–water partition coefficient (Wildman–Crippen LogP) is 2.25. The van der Waals surface area contributed by atoms with Crippen LogP contribution in [0, 0.1) is 0 Å². The van der Waals surface area contributed by atoms with Gasteiger partial charge in [-0.05, 0) is 6.42 Å². The Labute approximate surface area is 121 Å². The van der Waals surface area contributed by atoms with E-state index >= 15 is 0 Å². The fourth-order valence-corrected chi connectivity index (χ4v) is 2.10. The van der Waals surface area contributed by atoms with Gasteiger partial charge in [-0.25, -0.2) is 0 Å². The van der Waals surface area contributed by atoms with Gasteiger partial charge in [0, 0.05) is 12.8 Å². The molecular weight excluding hydrogens is 258 g/mol. The third-order valence-corrected chi connectivity index (χ3v) is 3.53. The van der Waals surface area contributed by atoms with Crippen molar-refractivity contribution in [2.45, 2.75) is 76.7 Å². The number of carbonyl (C=O) groups excluding carboxylic acids is 1. The van der Waals surface area contributed by atoms with Gasteiger partial charge in [0.1, 0.15) is 11.3 Å². The standard InChI is InChI=1S/C15H29NO4/c1-2-3-4-5-6-7-8-9-10-13(18)11-15(16,12-17)14(19)20/h17H,2-12,16H2,1H3,(H,19,20). The minimum atomic E-state index is -1.82. The zero-order chi connectivity index (χ0) is 15.4. The summed E-state index contributed by atoms with van der Waals surface area (Å²) in [6.45, 7) is 1.47. The molecule has 0 heterocycles. The average Bonchev–Trinajstić information content (AvgIpc) is 2.41. The molecule has 0 bridgehead atoms. The first kappa shape index (κ1) is 19.1. The maximum Gasteiger partial charge on any atom is 0.326 e. The fraction of sp³-hybridized carbons (Fsp3) is 0.867. The van der Waals surface area contributed by atoms with Crippen molar-refractivity contribution < 1.29 is 19.8 Å². The van der Waals surface area contributed by atoms with Crippen molar-refractivity contribution in [1.82, 2.24) is 0 Å². The van der Waals surface area contributed by atoms with Gasteiger partial charge in [-0.2, -0.15) is 0 Å². The van der Waals surface area contributed by atoms with Gasteiger partial charge in [0.2, 0.25) is 0 Å². The van der Waals surface area contributed by atoms with Crippen LogP contribution in [0.4, 0.5) is 0 Å². The van der Waals surface area contributed by atoms with Gasteiger partial charge < -0.3 is 15.9 Å². The lowest BCUT2D eigenvalue weighted by molar-refractivity contribution is -0.147. The van der Waals surface area contributed by atoms with E-state index in [1.807, 2.05) is 0 Å². The zero-order valence-corrected chi connectivity index (χ0v) is 12.6. The molecule has 0 aliphatic heterocycles. The van der Waals surface area contributed by atoms with Gasteiger partial charge in [-0.1, -0.05) is 51.9 Å². The third-order valence-electron chi connectivity index (χ3n) is 3.53. The van der Waals surface area contributed by atoms with Crippen LogP contribution in [0.15, 0.2) is 0 Å². The highest BCUT2D eigenvalue weighted by molar-refractivity contribution is 5.88. The van der Waals surface area contributed by atoms with E-state index in [-0.39, 0.29) is 12.2 Å². The molecule has 1 atom stereocenters. The van der Waals surface area contributed by atoms with Gasteiger partial charge >= 0.3 is 5.97 Å². The largest absolute Gasteiger partial charge is 0.480 e. The van der Waals surface area contributed by atoms with E-state index in [4.69, 9.17) is 15.9 Å². The number of unbranched alkanes of at least 4 members (excludes halogenated alkanes) is 7. The van der Waals surface area contributed by atoms with Crippen molar-refractivity contribution in [3.8, 4) is 0 Å². The number of Topliss-reactive ketones (excluding diaryl/α,β-unsaturated/α-hetero) is 1. The van der Waals surface area contributed by atoms with Crippen molar-refractivity contribution in [2.24, 2.45) is 5.73 Å². The van der Waals surface area contributed by atoms with Crippen LogP contribution < -0.4 is 5.73 Å². The summed E-state index contributed by atoms with van der Waals surface area (Å²) in [5.41, 5.74) is 3.65. The molecule has 0 aliphatic carbocycles. The molecule has 0 aliphatic rings. The summed E-state index contributed by atoms with van der Waals surface area (Å²) in [5.74, 6) is -1.51. The zero-order valence-electron chi connectivity index (χ0n) is 12.6. The highest BCUT2D eigenvalue weighted by atomic mass is 16.4. The molecule has 0 rings (SSSR count). The van der Waals surface area contributed by atoms with Crippen molar-refractivity contribution in [1.29, 1.82) is 0 Å². The number of hydrogen-bond acceptors (Lipinski definition) is 4. The third kappa shape index (κ3) is 8.27. The molecule has 5 heteroatoms. The van der Waals surface area contributed by atoms with Crippen LogP contribution in [-0.2, 0) is 9.59 Å². The van der Waals surface area contributed by atoms with Crippen molar-refractivity contribution in [2.75, 3.05) is 6.61 Å². The molecular formula is C15H29NO4. The van der Waals surface area contributed by atoms with Crippen LogP contribution in [0.3, 0.4) is 0 Å². The molecule has 0 amide bonds. The Kier molecular flexibility index (Phi) is 10.3. The highest BCUT2D eigenvalue weighted by Crippen LogP contribution is 2.13. The summed E-state index contributed by atoms with van der Waals surface area (Å²) < 4.78 is 0. The van der Waals surface area contributed by atoms with E-state index < -0.39 is 18.1 Å². The Morgan fingerprint density at radius 1 is 1.00 bits per heavy atom. The average molecular weight is 287 g/mol. The number of aliphatic hydroxyl groups excluding tert-OH is 1. The Balaban J connectivity index is 3.66. The van der Waals surface area contributed by atoms with E-state index in [1.165, 1.54) is 32.1 Å². The molecule has 0 fully saturated rings. The maximum atomic E-state index is 11.6. The summed E-state index contributed by atoms with van der Waals surface area (Å²) >= 11 is 0. The summed E-state index contributed by atoms with van der Waals surface area (Å²) in [7, 11) is 0. The summed E-state index contributed by atoms with van der Waals surface area (Å²) in [6.07, 6.45) is 9.17. The summed E-state index contributed by atoms with van der Waals surface area (Å²) in [4.78, 5) is 22.5. The highest BCUT2D eigenvalue weighted by Gasteiger charge is 2.35. The lowest BCUT2D eigenvalue weighted by atomic mass is 9.93. The Hall–Kier alpha value is -0.940. The molecule has 0 spiro atoms. The Morgan fingerprint density at radius 3 is 1.95 bits per heavy atom. The number of carboxylic acids is 1. The number of aliphatic carboxylic acids is 1. The summed E-state index contributed by atoms with van der Waals surface area (Å²) in [5, 5.41) is 17.8. The van der Waals surface area contributed by atoms with E-state index in [9.17, 15) is 9.59 Å². The summed E-state index contributed by atoms with van der Waals surface area (Å²) in [6, 6.07) is 0. The van der Waals surface area contributed by atoms with E-state index in [0.29, 0.717) is 6.42 Å². The second-order valence-electron chi connectivity index (χ2n) is 5.56. The molecule has 0 aromatic carbocycles. The maximum absolute atomic E-state index is 11.6. The fourth-order valence-electron chi connectivity index (χ4n) is 2.10. The number of aliphatic hydroxyl groups is 1. The Morgan fingerprint density at radius 2 is 1.50 bits per heavy atom. The van der Waals surface area contributed by atoms with Crippen LogP contribution in [0.5, 0.6) is 0 Å². The first-order chi connectivity index (χ1) is 9.46. The predicted molar refractivity (Wildman–Crippen MR) is 78.5 cm³/mol. The van der Waals surface area contributed by atoms with E-state index in [1.54, 1.807) is 0 Å². The number of ketones is 1. The SMILES string of the molecule is CCCCCCCCCCC(=O)CC(N)(CO)C(=O)O. The van der Waals surface area contributed by atoms with Crippen molar-refractivity contribution in [3.63, 3.8) is 0 Å². The molecule has 1 unspecified atom stereocenters. The van der Waals surface area contributed by atoms with Crippen molar-refractivity contribution in [3.05, 3.63) is 0 Å².